The SMILES string of the molecule is C[C@H]([C@@H](C)C(=O)O)n1cc(C(F)(F)F)c2cnc(-c3c[nH]c4ncc(F)cc34)nc21. The molecule has 7 nitrogen and oxygen atoms in total. The van der Waals surface area contributed by atoms with Crippen molar-refractivity contribution in [2.45, 2.75) is 26.1 Å². The van der Waals surface area contributed by atoms with Crippen LogP contribution in [-0.4, -0.2) is 35.6 Å². The molecule has 4 aromatic rings. The van der Waals surface area contributed by atoms with E-state index in [0.717, 1.165) is 18.6 Å². The second-order valence-corrected chi connectivity index (χ2v) is 7.00. The first kappa shape index (κ1) is 19.8. The number of carbonyl (C=O) groups is 1. The maximum absolute atomic E-state index is 13.6. The van der Waals surface area contributed by atoms with E-state index < -0.39 is 35.5 Å². The average Bonchev–Trinajstić information content (AvgIpc) is 3.27. The molecule has 0 saturated carbocycles. The van der Waals surface area contributed by atoms with Gasteiger partial charge in [0.25, 0.3) is 0 Å². The number of carboxylic acid groups (broad SMARTS) is 1. The quantitative estimate of drug-likeness (QED) is 0.476. The highest BCUT2D eigenvalue weighted by Crippen LogP contribution is 2.38. The molecule has 30 heavy (non-hydrogen) atoms. The van der Waals surface area contributed by atoms with Crippen molar-refractivity contribution in [3.05, 3.63) is 42.2 Å². The van der Waals surface area contributed by atoms with E-state index in [1.807, 2.05) is 0 Å². The van der Waals surface area contributed by atoms with Gasteiger partial charge in [-0.2, -0.15) is 13.2 Å². The summed E-state index contributed by atoms with van der Waals surface area (Å²) in [5.74, 6) is -2.64. The number of alkyl halides is 3. The fourth-order valence-electron chi connectivity index (χ4n) is 3.31. The lowest BCUT2D eigenvalue weighted by Crippen LogP contribution is -2.21. The predicted octanol–water partition coefficient (Wildman–Crippen LogP) is 4.41. The highest BCUT2D eigenvalue weighted by Gasteiger charge is 2.37. The molecule has 0 fully saturated rings. The van der Waals surface area contributed by atoms with Gasteiger partial charge in [-0.25, -0.2) is 19.3 Å². The Morgan fingerprint density at radius 2 is 1.93 bits per heavy atom. The Morgan fingerprint density at radius 3 is 2.60 bits per heavy atom. The van der Waals surface area contributed by atoms with Crippen LogP contribution in [0.2, 0.25) is 0 Å². The number of fused-ring (bicyclic) bond motifs is 2. The van der Waals surface area contributed by atoms with E-state index in [9.17, 15) is 27.5 Å². The molecule has 156 valence electrons. The van der Waals surface area contributed by atoms with Gasteiger partial charge in [-0.15, -0.1) is 0 Å². The molecule has 0 aromatic carbocycles. The van der Waals surface area contributed by atoms with E-state index in [1.54, 1.807) is 0 Å². The number of aromatic nitrogens is 5. The molecular weight excluding hydrogens is 406 g/mol. The number of rotatable bonds is 4. The van der Waals surface area contributed by atoms with Crippen molar-refractivity contribution in [2.24, 2.45) is 5.92 Å². The summed E-state index contributed by atoms with van der Waals surface area (Å²) in [5.41, 5.74) is -0.291. The topological polar surface area (TPSA) is 96.7 Å². The summed E-state index contributed by atoms with van der Waals surface area (Å²) in [6, 6.07) is 0.405. The van der Waals surface area contributed by atoms with Crippen LogP contribution in [0.4, 0.5) is 17.6 Å². The Bertz CT molecular complexity index is 1280. The fraction of sp³-hybridized carbons (Fsp3) is 0.263. The zero-order chi connectivity index (χ0) is 21.8. The van der Waals surface area contributed by atoms with Crippen molar-refractivity contribution >= 4 is 28.0 Å². The number of hydrogen-bond acceptors (Lipinski definition) is 4. The maximum atomic E-state index is 13.6. The minimum Gasteiger partial charge on any atom is -0.481 e. The largest absolute Gasteiger partial charge is 0.481 e. The van der Waals surface area contributed by atoms with E-state index in [4.69, 9.17) is 0 Å². The minimum atomic E-state index is -4.67. The molecule has 0 bridgehead atoms. The third kappa shape index (κ3) is 3.15. The number of pyridine rings is 1. The van der Waals surface area contributed by atoms with Gasteiger partial charge in [-0.3, -0.25) is 4.79 Å². The molecule has 0 saturated heterocycles. The molecule has 2 N–H and O–H groups in total. The van der Waals surface area contributed by atoms with Crippen LogP contribution in [-0.2, 0) is 11.0 Å². The molecule has 0 radical (unpaired) electrons. The third-order valence-corrected chi connectivity index (χ3v) is 5.17. The van der Waals surface area contributed by atoms with E-state index in [-0.39, 0.29) is 16.9 Å². The Morgan fingerprint density at radius 1 is 1.20 bits per heavy atom. The first-order chi connectivity index (χ1) is 14.1. The third-order valence-electron chi connectivity index (χ3n) is 5.17. The molecule has 11 heteroatoms. The van der Waals surface area contributed by atoms with Crippen LogP contribution in [0, 0.1) is 11.7 Å². The van der Waals surface area contributed by atoms with Crippen molar-refractivity contribution in [3.8, 4) is 11.4 Å². The van der Waals surface area contributed by atoms with E-state index in [1.165, 1.54) is 30.7 Å². The van der Waals surface area contributed by atoms with Gasteiger partial charge in [0.15, 0.2) is 5.82 Å². The van der Waals surface area contributed by atoms with E-state index in [0.29, 0.717) is 16.6 Å². The molecular formula is C19H15F4N5O2. The normalized spacial score (nSPS) is 14.3. The van der Waals surface area contributed by atoms with Crippen molar-refractivity contribution in [3.63, 3.8) is 0 Å². The lowest BCUT2D eigenvalue weighted by molar-refractivity contribution is -0.142. The van der Waals surface area contributed by atoms with Gasteiger partial charge in [-0.1, -0.05) is 0 Å². The van der Waals surface area contributed by atoms with Gasteiger partial charge < -0.3 is 14.7 Å². The molecule has 4 heterocycles. The number of carboxylic acids is 1. The molecule has 0 aliphatic heterocycles. The van der Waals surface area contributed by atoms with E-state index in [2.05, 4.69) is 19.9 Å². The van der Waals surface area contributed by atoms with Gasteiger partial charge >= 0.3 is 12.1 Å². The minimum absolute atomic E-state index is 0.0596. The van der Waals surface area contributed by atoms with Crippen LogP contribution >= 0.6 is 0 Å². The molecule has 2 atom stereocenters. The highest BCUT2D eigenvalue weighted by molar-refractivity contribution is 5.93. The first-order valence-electron chi connectivity index (χ1n) is 8.88. The summed E-state index contributed by atoms with van der Waals surface area (Å²) >= 11 is 0. The van der Waals surface area contributed by atoms with Gasteiger partial charge in [-0.05, 0) is 19.9 Å². The Kier molecular flexibility index (Phi) is 4.48. The zero-order valence-corrected chi connectivity index (χ0v) is 15.7. The molecule has 0 spiro atoms. The number of nitrogens with zero attached hydrogens (tertiary/aromatic N) is 4. The van der Waals surface area contributed by atoms with Crippen LogP contribution in [0.1, 0.15) is 25.5 Å². The standard InChI is InChI=1S/C19H15F4N5O2/c1-8(18(29)30)9(2)28-7-14(19(21,22)23)13-6-26-16(27-17(13)28)12-5-25-15-11(12)3-10(20)4-24-15/h3-9H,1-2H3,(H,24,25)(H,29,30)/t8-,9-/m1/s1. The number of aromatic amines is 1. The van der Waals surface area contributed by atoms with E-state index >= 15 is 0 Å². The molecule has 4 aromatic heterocycles. The van der Waals surface area contributed by atoms with Crippen LogP contribution in [0.5, 0.6) is 0 Å². The van der Waals surface area contributed by atoms with Crippen molar-refractivity contribution in [1.29, 1.82) is 0 Å². The monoisotopic (exact) mass is 421 g/mol. The smallest absolute Gasteiger partial charge is 0.418 e. The molecule has 0 amide bonds. The summed E-state index contributed by atoms with van der Waals surface area (Å²) in [6.07, 6.45) is -0.263. The number of hydrogen-bond donors (Lipinski definition) is 2. The Hall–Kier alpha value is -3.50. The molecule has 0 aliphatic carbocycles. The Labute approximate surface area is 166 Å². The van der Waals surface area contributed by atoms with Gasteiger partial charge in [0.2, 0.25) is 0 Å². The lowest BCUT2D eigenvalue weighted by atomic mass is 10.0. The zero-order valence-electron chi connectivity index (χ0n) is 15.7. The van der Waals surface area contributed by atoms with Crippen LogP contribution in [0.15, 0.2) is 30.9 Å². The number of halogens is 4. The summed E-state index contributed by atoms with van der Waals surface area (Å²) in [5, 5.41) is 9.41. The summed E-state index contributed by atoms with van der Waals surface area (Å²) in [4.78, 5) is 26.4. The Balaban J connectivity index is 1.95. The van der Waals surface area contributed by atoms with Crippen LogP contribution < -0.4 is 0 Å². The second-order valence-electron chi connectivity index (χ2n) is 7.00. The predicted molar refractivity (Wildman–Crippen MR) is 99.1 cm³/mol. The second kappa shape index (κ2) is 6.78. The average molecular weight is 421 g/mol. The van der Waals surface area contributed by atoms with Gasteiger partial charge in [0, 0.05) is 41.0 Å². The number of nitrogens with one attached hydrogen (secondary N) is 1. The molecule has 0 unspecified atom stereocenters. The van der Waals surface area contributed by atoms with Crippen LogP contribution in [0.25, 0.3) is 33.5 Å². The fourth-order valence-corrected chi connectivity index (χ4v) is 3.31. The van der Waals surface area contributed by atoms with Gasteiger partial charge in [0.05, 0.1) is 17.7 Å². The van der Waals surface area contributed by atoms with Crippen LogP contribution in [0.3, 0.4) is 0 Å². The summed E-state index contributed by atoms with van der Waals surface area (Å²) in [7, 11) is 0. The number of aliphatic carboxylic acids is 1. The highest BCUT2D eigenvalue weighted by atomic mass is 19.4. The summed E-state index contributed by atoms with van der Waals surface area (Å²) in [6.45, 7) is 2.91. The molecule has 4 rings (SSSR count). The maximum Gasteiger partial charge on any atom is 0.418 e. The first-order valence-corrected chi connectivity index (χ1v) is 8.88. The van der Waals surface area contributed by atoms with Crippen molar-refractivity contribution in [1.82, 2.24) is 24.5 Å². The lowest BCUT2D eigenvalue weighted by Gasteiger charge is -2.18. The summed E-state index contributed by atoms with van der Waals surface area (Å²) < 4.78 is 55.4. The van der Waals surface area contributed by atoms with Crippen molar-refractivity contribution < 1.29 is 27.5 Å². The number of H-pyrrole nitrogens is 1. The van der Waals surface area contributed by atoms with Gasteiger partial charge in [0.1, 0.15) is 17.1 Å². The van der Waals surface area contributed by atoms with Crippen molar-refractivity contribution in [2.75, 3.05) is 0 Å². The molecule has 0 aliphatic rings.